The number of benzene rings is 1. The van der Waals surface area contributed by atoms with Gasteiger partial charge in [0.1, 0.15) is 5.75 Å². The number of nitrogens with zero attached hydrogens (tertiary/aromatic N) is 1. The van der Waals surface area contributed by atoms with Crippen LogP contribution in [-0.2, 0) is 11.3 Å². The second-order valence-electron chi connectivity index (χ2n) is 5.78. The summed E-state index contributed by atoms with van der Waals surface area (Å²) in [4.78, 5) is 2.38. The molecular weight excluding hydrogens is 342 g/mol. The van der Waals surface area contributed by atoms with Gasteiger partial charge in [-0.15, -0.1) is 11.6 Å². The van der Waals surface area contributed by atoms with Crippen LogP contribution in [0.4, 0.5) is 0 Å². The number of morpholine rings is 1. The fourth-order valence-corrected chi connectivity index (χ4v) is 3.19. The lowest BCUT2D eigenvalue weighted by Crippen LogP contribution is -2.52. The minimum absolute atomic E-state index is 0.0878. The van der Waals surface area contributed by atoms with Crippen molar-refractivity contribution < 1.29 is 9.47 Å². The van der Waals surface area contributed by atoms with Crippen molar-refractivity contribution in [2.24, 2.45) is 0 Å². The molecule has 0 saturated carbocycles. The van der Waals surface area contributed by atoms with E-state index in [9.17, 15) is 0 Å². The first-order valence-corrected chi connectivity index (χ1v) is 8.05. The fourth-order valence-electron chi connectivity index (χ4n) is 2.66. The molecule has 1 aromatic carbocycles. The van der Waals surface area contributed by atoms with E-state index in [4.69, 9.17) is 21.1 Å². The Morgan fingerprint density at radius 2 is 2.25 bits per heavy atom. The molecule has 2 rings (SSSR count). The van der Waals surface area contributed by atoms with E-state index in [-0.39, 0.29) is 11.7 Å². The second kappa shape index (κ2) is 6.65. The molecule has 5 heteroatoms. The van der Waals surface area contributed by atoms with E-state index < -0.39 is 0 Å². The third kappa shape index (κ3) is 4.10. The van der Waals surface area contributed by atoms with Gasteiger partial charge in [-0.1, -0.05) is 15.9 Å². The number of alkyl halides is 1. The molecule has 1 saturated heterocycles. The van der Waals surface area contributed by atoms with E-state index in [2.05, 4.69) is 40.7 Å². The van der Waals surface area contributed by atoms with Crippen LogP contribution >= 0.6 is 27.5 Å². The molecule has 0 aliphatic carbocycles. The smallest absolute Gasteiger partial charge is 0.119 e. The lowest BCUT2D eigenvalue weighted by molar-refractivity contribution is -0.129. The summed E-state index contributed by atoms with van der Waals surface area (Å²) in [7, 11) is 1.69. The summed E-state index contributed by atoms with van der Waals surface area (Å²) >= 11 is 9.58. The van der Waals surface area contributed by atoms with E-state index in [1.807, 2.05) is 12.1 Å². The molecule has 0 radical (unpaired) electrons. The zero-order chi connectivity index (χ0) is 14.8. The third-order valence-corrected chi connectivity index (χ3v) is 4.49. The van der Waals surface area contributed by atoms with Gasteiger partial charge in [-0.3, -0.25) is 4.90 Å². The van der Waals surface area contributed by atoms with Gasteiger partial charge in [-0.25, -0.2) is 0 Å². The maximum Gasteiger partial charge on any atom is 0.119 e. The van der Waals surface area contributed by atoms with Crippen LogP contribution in [0.15, 0.2) is 22.7 Å². The van der Waals surface area contributed by atoms with E-state index in [0.29, 0.717) is 5.88 Å². The van der Waals surface area contributed by atoms with Crippen LogP contribution in [0.3, 0.4) is 0 Å². The lowest BCUT2D eigenvalue weighted by atomic mass is 10.0. The minimum Gasteiger partial charge on any atom is -0.497 e. The van der Waals surface area contributed by atoms with Crippen molar-refractivity contribution in [3.8, 4) is 5.75 Å². The Kier molecular flexibility index (Phi) is 5.35. The van der Waals surface area contributed by atoms with Gasteiger partial charge in [-0.2, -0.15) is 0 Å². The predicted molar refractivity (Wildman–Crippen MR) is 85.6 cm³/mol. The van der Waals surface area contributed by atoms with Gasteiger partial charge in [0, 0.05) is 30.0 Å². The van der Waals surface area contributed by atoms with Gasteiger partial charge in [0.25, 0.3) is 0 Å². The van der Waals surface area contributed by atoms with Crippen LogP contribution in [0, 0.1) is 0 Å². The molecule has 0 bridgehead atoms. The van der Waals surface area contributed by atoms with Crippen molar-refractivity contribution in [2.75, 3.05) is 26.1 Å². The SMILES string of the molecule is COc1ccc(Br)c(CN2CC(CCl)OC(C)(C)C2)c1. The maximum atomic E-state index is 5.97. The van der Waals surface area contributed by atoms with Gasteiger partial charge in [0.05, 0.1) is 18.8 Å². The van der Waals surface area contributed by atoms with Gasteiger partial charge in [0.15, 0.2) is 0 Å². The molecule has 112 valence electrons. The summed E-state index contributed by atoms with van der Waals surface area (Å²) in [6, 6.07) is 6.05. The van der Waals surface area contributed by atoms with Gasteiger partial charge < -0.3 is 9.47 Å². The Labute approximate surface area is 134 Å². The van der Waals surface area contributed by atoms with E-state index in [1.165, 1.54) is 5.56 Å². The molecular formula is C15H21BrClNO2. The van der Waals surface area contributed by atoms with Crippen molar-refractivity contribution in [1.29, 1.82) is 0 Å². The number of hydrogen-bond acceptors (Lipinski definition) is 3. The molecule has 1 aromatic rings. The highest BCUT2D eigenvalue weighted by molar-refractivity contribution is 9.10. The molecule has 0 aromatic heterocycles. The summed E-state index contributed by atoms with van der Waals surface area (Å²) in [5.41, 5.74) is 1.05. The first kappa shape index (κ1) is 16.1. The van der Waals surface area contributed by atoms with Crippen molar-refractivity contribution >= 4 is 27.5 Å². The number of hydrogen-bond donors (Lipinski definition) is 0. The monoisotopic (exact) mass is 361 g/mol. The quantitative estimate of drug-likeness (QED) is 0.763. The van der Waals surface area contributed by atoms with Crippen LogP contribution in [0.2, 0.25) is 0 Å². The Hall–Kier alpha value is -0.290. The molecule has 1 atom stereocenters. The summed E-state index contributed by atoms with van der Waals surface area (Å²) in [6.45, 7) is 6.83. The standard InChI is InChI=1S/C15H21BrClNO2/c1-15(2)10-18(9-13(7-17)20-15)8-11-6-12(19-3)4-5-14(11)16/h4-6,13H,7-10H2,1-3H3. The number of halogens is 2. The lowest BCUT2D eigenvalue weighted by Gasteiger charge is -2.42. The number of ether oxygens (including phenoxy) is 2. The molecule has 3 nitrogen and oxygen atoms in total. The van der Waals surface area contributed by atoms with Crippen LogP contribution in [0.1, 0.15) is 19.4 Å². The summed E-state index contributed by atoms with van der Waals surface area (Å²) in [5.74, 6) is 1.41. The number of methoxy groups -OCH3 is 1. The van der Waals surface area contributed by atoms with Crippen LogP contribution < -0.4 is 4.74 Å². The fraction of sp³-hybridized carbons (Fsp3) is 0.600. The molecule has 0 amide bonds. The Morgan fingerprint density at radius 1 is 1.50 bits per heavy atom. The van der Waals surface area contributed by atoms with Crippen molar-refractivity contribution in [3.05, 3.63) is 28.2 Å². The minimum atomic E-state index is -0.164. The molecule has 1 unspecified atom stereocenters. The van der Waals surface area contributed by atoms with Crippen LogP contribution in [0.5, 0.6) is 5.75 Å². The topological polar surface area (TPSA) is 21.7 Å². The zero-order valence-electron chi connectivity index (χ0n) is 12.2. The Balaban J connectivity index is 2.12. The summed E-state index contributed by atoms with van der Waals surface area (Å²) in [5, 5.41) is 0. The van der Waals surface area contributed by atoms with Crippen molar-refractivity contribution in [3.63, 3.8) is 0 Å². The van der Waals surface area contributed by atoms with E-state index in [1.54, 1.807) is 7.11 Å². The molecule has 0 spiro atoms. The molecule has 1 fully saturated rings. The van der Waals surface area contributed by atoms with Gasteiger partial charge in [-0.05, 0) is 37.6 Å². The molecule has 0 N–H and O–H groups in total. The molecule has 1 heterocycles. The van der Waals surface area contributed by atoms with Gasteiger partial charge in [0.2, 0.25) is 0 Å². The van der Waals surface area contributed by atoms with E-state index >= 15 is 0 Å². The first-order valence-electron chi connectivity index (χ1n) is 6.72. The molecule has 1 aliphatic rings. The van der Waals surface area contributed by atoms with Crippen LogP contribution in [-0.4, -0.2) is 42.7 Å². The normalized spacial score (nSPS) is 22.8. The average molecular weight is 363 g/mol. The highest BCUT2D eigenvalue weighted by Crippen LogP contribution is 2.27. The second-order valence-corrected chi connectivity index (χ2v) is 6.94. The molecule has 20 heavy (non-hydrogen) atoms. The maximum absolute atomic E-state index is 5.97. The van der Waals surface area contributed by atoms with E-state index in [0.717, 1.165) is 29.9 Å². The molecule has 1 aliphatic heterocycles. The third-order valence-electron chi connectivity index (χ3n) is 3.37. The van der Waals surface area contributed by atoms with Crippen molar-refractivity contribution in [1.82, 2.24) is 4.90 Å². The Bertz CT molecular complexity index is 467. The zero-order valence-corrected chi connectivity index (χ0v) is 14.5. The largest absolute Gasteiger partial charge is 0.497 e. The Morgan fingerprint density at radius 3 is 2.90 bits per heavy atom. The first-order chi connectivity index (χ1) is 9.43. The van der Waals surface area contributed by atoms with Crippen molar-refractivity contribution in [2.45, 2.75) is 32.1 Å². The van der Waals surface area contributed by atoms with Gasteiger partial charge >= 0.3 is 0 Å². The number of rotatable bonds is 4. The summed E-state index contributed by atoms with van der Waals surface area (Å²) < 4.78 is 12.4. The van der Waals surface area contributed by atoms with Crippen LogP contribution in [0.25, 0.3) is 0 Å². The highest BCUT2D eigenvalue weighted by Gasteiger charge is 2.33. The summed E-state index contributed by atoms with van der Waals surface area (Å²) in [6.07, 6.45) is 0.0878. The predicted octanol–water partition coefficient (Wildman–Crippen LogP) is 3.68. The highest BCUT2D eigenvalue weighted by atomic mass is 79.9. The average Bonchev–Trinajstić information content (AvgIpc) is 2.39.